The highest BCUT2D eigenvalue weighted by molar-refractivity contribution is 4.15. The second-order valence-electron chi connectivity index (χ2n) is 1.15. The summed E-state index contributed by atoms with van der Waals surface area (Å²) in [6.45, 7) is 3.14. The predicted molar refractivity (Wildman–Crippen MR) is 32.5 cm³/mol. The van der Waals surface area contributed by atoms with Crippen LogP contribution in [0, 0.1) is 10.1 Å². The molecule has 50 valence electrons. The van der Waals surface area contributed by atoms with Gasteiger partial charge in [-0.3, -0.25) is 10.1 Å². The molecule has 0 aliphatic heterocycles. The Bertz CT molecular complexity index is 50.0. The molecule has 8 heavy (non-hydrogen) atoms. The molecule has 0 atom stereocenters. The Morgan fingerprint density at radius 3 is 1.88 bits per heavy atom. The van der Waals surface area contributed by atoms with E-state index in [1.165, 1.54) is 0 Å². The molecular weight excluding hydrogens is 108 g/mol. The lowest BCUT2D eigenvalue weighted by Gasteiger charge is -1.76. The Hall–Kier alpha value is -0.640. The standard InChI is InChI=1S/C3H9N.CH3NO2/c1-3-4-2;1-2(3)4/h4H,3H2,1-2H3;1H3. The van der Waals surface area contributed by atoms with E-state index < -0.39 is 4.92 Å². The molecule has 4 nitrogen and oxygen atoms in total. The number of nitrogens with one attached hydrogen (secondary N) is 1. The molecule has 0 aromatic rings. The van der Waals surface area contributed by atoms with Crippen LogP contribution in [0.15, 0.2) is 0 Å². The normalized spacial score (nSPS) is 6.88. The summed E-state index contributed by atoms with van der Waals surface area (Å²) in [5.74, 6) is 0. The highest BCUT2D eigenvalue weighted by atomic mass is 16.6. The lowest BCUT2D eigenvalue weighted by molar-refractivity contribution is -0.445. The van der Waals surface area contributed by atoms with Gasteiger partial charge in [0.05, 0.1) is 0 Å². The van der Waals surface area contributed by atoms with Gasteiger partial charge < -0.3 is 5.32 Å². The van der Waals surface area contributed by atoms with E-state index in [0.29, 0.717) is 0 Å². The van der Waals surface area contributed by atoms with Crippen molar-refractivity contribution in [2.45, 2.75) is 6.92 Å². The van der Waals surface area contributed by atoms with Crippen LogP contribution in [-0.2, 0) is 0 Å². The summed E-state index contributed by atoms with van der Waals surface area (Å²) >= 11 is 0. The summed E-state index contributed by atoms with van der Waals surface area (Å²) in [5, 5.41) is 11.7. The van der Waals surface area contributed by atoms with E-state index in [4.69, 9.17) is 10.1 Å². The number of nitrogens with zero attached hydrogens (tertiary/aromatic N) is 1. The minimum absolute atomic E-state index is 0.500. The first-order valence-corrected chi connectivity index (χ1v) is 2.37. The molecule has 0 rings (SSSR count). The van der Waals surface area contributed by atoms with Crippen molar-refractivity contribution in [2.24, 2.45) is 0 Å². The minimum Gasteiger partial charge on any atom is -0.320 e. The van der Waals surface area contributed by atoms with Gasteiger partial charge in [-0.2, -0.15) is 0 Å². The van der Waals surface area contributed by atoms with Crippen molar-refractivity contribution in [2.75, 3.05) is 20.6 Å². The van der Waals surface area contributed by atoms with Crippen LogP contribution in [0.5, 0.6) is 0 Å². The summed E-state index contributed by atoms with van der Waals surface area (Å²) in [7, 11) is 2.82. The first-order valence-electron chi connectivity index (χ1n) is 2.37. The highest BCUT2D eigenvalue weighted by Gasteiger charge is 1.57. The van der Waals surface area contributed by atoms with E-state index >= 15 is 0 Å². The third-order valence-corrected chi connectivity index (χ3v) is 0.354. The third kappa shape index (κ3) is 786. The molecule has 0 saturated carbocycles. The fourth-order valence-corrected chi connectivity index (χ4v) is 0. The Morgan fingerprint density at radius 1 is 1.75 bits per heavy atom. The Morgan fingerprint density at radius 2 is 1.88 bits per heavy atom. The zero-order chi connectivity index (χ0) is 6.99. The Kier molecular flexibility index (Phi) is 12.5. The second kappa shape index (κ2) is 9.61. The van der Waals surface area contributed by atoms with Crippen molar-refractivity contribution in [1.82, 2.24) is 5.32 Å². The van der Waals surface area contributed by atoms with Gasteiger partial charge in [0, 0.05) is 4.92 Å². The van der Waals surface area contributed by atoms with E-state index in [1.807, 2.05) is 7.05 Å². The SMILES string of the molecule is CCNC.C[N+](=O)[O-]. The Labute approximate surface area is 49.0 Å². The van der Waals surface area contributed by atoms with Crippen LogP contribution in [0.3, 0.4) is 0 Å². The van der Waals surface area contributed by atoms with Crippen LogP contribution < -0.4 is 5.32 Å². The average molecular weight is 120 g/mol. The monoisotopic (exact) mass is 120 g/mol. The van der Waals surface area contributed by atoms with Gasteiger partial charge in [-0.1, -0.05) is 6.92 Å². The van der Waals surface area contributed by atoms with Gasteiger partial charge >= 0.3 is 0 Å². The molecule has 1 N–H and O–H groups in total. The van der Waals surface area contributed by atoms with Crippen LogP contribution in [0.2, 0.25) is 0 Å². The molecule has 0 aromatic carbocycles. The van der Waals surface area contributed by atoms with E-state index in [9.17, 15) is 0 Å². The maximum atomic E-state index is 8.81. The van der Waals surface area contributed by atoms with E-state index in [-0.39, 0.29) is 0 Å². The van der Waals surface area contributed by atoms with Gasteiger partial charge in [-0.25, -0.2) is 0 Å². The molecule has 0 aromatic heterocycles. The first kappa shape index (κ1) is 10.4. The van der Waals surface area contributed by atoms with Crippen LogP contribution in [-0.4, -0.2) is 25.6 Å². The fraction of sp³-hybridized carbons (Fsp3) is 1.00. The van der Waals surface area contributed by atoms with Gasteiger partial charge in [0.1, 0.15) is 0 Å². The van der Waals surface area contributed by atoms with Crippen LogP contribution in [0.1, 0.15) is 6.92 Å². The lowest BCUT2D eigenvalue weighted by atomic mass is 10.8. The van der Waals surface area contributed by atoms with Crippen molar-refractivity contribution in [1.29, 1.82) is 0 Å². The number of hydrogen-bond donors (Lipinski definition) is 1. The smallest absolute Gasteiger partial charge is 0.194 e. The second-order valence-corrected chi connectivity index (χ2v) is 1.15. The van der Waals surface area contributed by atoms with Gasteiger partial charge in [0.2, 0.25) is 0 Å². The molecule has 0 fully saturated rings. The van der Waals surface area contributed by atoms with Crippen LogP contribution in [0.4, 0.5) is 0 Å². The molecule has 0 aliphatic rings. The fourth-order valence-electron chi connectivity index (χ4n) is 0. The van der Waals surface area contributed by atoms with E-state index in [2.05, 4.69) is 12.2 Å². The number of rotatable bonds is 1. The van der Waals surface area contributed by atoms with Crippen molar-refractivity contribution >= 4 is 0 Å². The number of nitro groups is 1. The summed E-state index contributed by atoms with van der Waals surface area (Å²) < 4.78 is 0. The van der Waals surface area contributed by atoms with Crippen molar-refractivity contribution in [3.05, 3.63) is 10.1 Å². The summed E-state index contributed by atoms with van der Waals surface area (Å²) in [5.41, 5.74) is 0. The Balaban J connectivity index is 0. The molecule has 0 bridgehead atoms. The van der Waals surface area contributed by atoms with Gasteiger partial charge in [-0.15, -0.1) is 0 Å². The van der Waals surface area contributed by atoms with Gasteiger partial charge in [-0.05, 0) is 13.6 Å². The maximum absolute atomic E-state index is 8.81. The van der Waals surface area contributed by atoms with Gasteiger partial charge in [0.25, 0.3) is 0 Å². The zero-order valence-corrected chi connectivity index (χ0v) is 5.47. The van der Waals surface area contributed by atoms with E-state index in [0.717, 1.165) is 13.6 Å². The maximum Gasteiger partial charge on any atom is 0.194 e. The van der Waals surface area contributed by atoms with Crippen molar-refractivity contribution in [3.8, 4) is 0 Å². The highest BCUT2D eigenvalue weighted by Crippen LogP contribution is 1.39. The van der Waals surface area contributed by atoms with E-state index in [1.54, 1.807) is 0 Å². The first-order chi connectivity index (χ1) is 3.65. The molecule has 0 saturated heterocycles. The molecule has 0 spiro atoms. The molecule has 0 radical (unpaired) electrons. The molecule has 0 aliphatic carbocycles. The number of hydrogen-bond acceptors (Lipinski definition) is 3. The minimum atomic E-state index is -0.500. The topological polar surface area (TPSA) is 55.2 Å². The van der Waals surface area contributed by atoms with Gasteiger partial charge in [0.15, 0.2) is 7.05 Å². The van der Waals surface area contributed by atoms with Crippen molar-refractivity contribution < 1.29 is 4.92 Å². The summed E-state index contributed by atoms with van der Waals surface area (Å²) in [4.78, 5) is 8.31. The lowest BCUT2D eigenvalue weighted by Crippen LogP contribution is -2.01. The quantitative estimate of drug-likeness (QED) is 0.395. The van der Waals surface area contributed by atoms with Crippen LogP contribution >= 0.6 is 0 Å². The zero-order valence-electron chi connectivity index (χ0n) is 5.47. The third-order valence-electron chi connectivity index (χ3n) is 0.354. The largest absolute Gasteiger partial charge is 0.320 e. The molecule has 0 unspecified atom stereocenters. The van der Waals surface area contributed by atoms with Crippen molar-refractivity contribution in [3.63, 3.8) is 0 Å². The molecular formula is C4H12N2O2. The summed E-state index contributed by atoms with van der Waals surface area (Å²) in [6.07, 6.45) is 0. The average Bonchev–Trinajstić information content (AvgIpc) is 1.65. The molecule has 0 amide bonds. The summed E-state index contributed by atoms with van der Waals surface area (Å²) in [6, 6.07) is 0. The molecule has 4 heteroatoms. The van der Waals surface area contributed by atoms with Crippen LogP contribution in [0.25, 0.3) is 0 Å². The molecule has 0 heterocycles. The predicted octanol–water partition coefficient (Wildman–Crippen LogP) is 0.119.